The van der Waals surface area contributed by atoms with Crippen LogP contribution in [0.2, 0.25) is 0 Å². The fourth-order valence-electron chi connectivity index (χ4n) is 2.54. The summed E-state index contributed by atoms with van der Waals surface area (Å²) in [5.41, 5.74) is 0.755. The first-order valence-electron chi connectivity index (χ1n) is 7.38. The Morgan fingerprint density at radius 1 is 1.20 bits per heavy atom. The lowest BCUT2D eigenvalue weighted by Gasteiger charge is -2.16. The molecule has 0 aliphatic heterocycles. The third kappa shape index (κ3) is 2.80. The predicted octanol–water partition coefficient (Wildman–Crippen LogP) is 2.78. The monoisotopic (exact) mass is 358 g/mol. The Labute approximate surface area is 145 Å². The van der Waals surface area contributed by atoms with Crippen molar-refractivity contribution in [1.82, 2.24) is 9.55 Å². The van der Waals surface area contributed by atoms with Crippen LogP contribution in [-0.2, 0) is 4.79 Å². The van der Waals surface area contributed by atoms with Gasteiger partial charge in [0.15, 0.2) is 0 Å². The Kier molecular flexibility index (Phi) is 4.13. The van der Waals surface area contributed by atoms with Gasteiger partial charge in [-0.15, -0.1) is 11.3 Å². The molecule has 1 atom stereocenters. The highest BCUT2D eigenvalue weighted by Crippen LogP contribution is 2.27. The minimum absolute atomic E-state index is 0.0681. The molecule has 0 fully saturated rings. The van der Waals surface area contributed by atoms with E-state index >= 15 is 0 Å². The summed E-state index contributed by atoms with van der Waals surface area (Å²) in [4.78, 5) is 40.4. The maximum atomic E-state index is 12.9. The molecule has 3 rings (SSSR count). The third-order valence-corrected chi connectivity index (χ3v) is 4.80. The normalized spacial score (nSPS) is 12.2. The molecule has 0 saturated heterocycles. The molecule has 7 nitrogen and oxygen atoms in total. The average molecular weight is 358 g/mol. The van der Waals surface area contributed by atoms with Crippen molar-refractivity contribution in [3.8, 4) is 11.4 Å². The van der Waals surface area contributed by atoms with Gasteiger partial charge in [0.1, 0.15) is 16.7 Å². The summed E-state index contributed by atoms with van der Waals surface area (Å²) < 4.78 is 1.04. The molecule has 128 valence electrons. The maximum absolute atomic E-state index is 12.9. The van der Waals surface area contributed by atoms with E-state index in [1.165, 1.54) is 12.3 Å². The Bertz CT molecular complexity index is 1050. The van der Waals surface area contributed by atoms with Crippen LogP contribution >= 0.6 is 11.3 Å². The van der Waals surface area contributed by atoms with Crippen LogP contribution in [0.5, 0.6) is 0 Å². The number of thiophene rings is 1. The van der Waals surface area contributed by atoms with Gasteiger partial charge in [-0.3, -0.25) is 9.36 Å². The van der Waals surface area contributed by atoms with Crippen LogP contribution in [0.15, 0.2) is 34.4 Å². The molecule has 25 heavy (non-hydrogen) atoms. The van der Waals surface area contributed by atoms with Crippen molar-refractivity contribution in [3.05, 3.63) is 51.1 Å². The second kappa shape index (κ2) is 6.14. The van der Waals surface area contributed by atoms with Crippen molar-refractivity contribution in [1.29, 1.82) is 0 Å². The van der Waals surface area contributed by atoms with Crippen LogP contribution in [0.4, 0.5) is 0 Å². The highest BCUT2D eigenvalue weighted by atomic mass is 32.1. The first-order chi connectivity index (χ1) is 11.8. The number of aliphatic carboxylic acids is 1. The van der Waals surface area contributed by atoms with Crippen molar-refractivity contribution in [2.75, 3.05) is 0 Å². The highest BCUT2D eigenvalue weighted by molar-refractivity contribution is 7.17. The Hall–Kier alpha value is -3.00. The molecule has 1 unspecified atom stereocenters. The van der Waals surface area contributed by atoms with Crippen molar-refractivity contribution in [3.63, 3.8) is 0 Å². The molecular formula is C17H14N2O5S. The van der Waals surface area contributed by atoms with Crippen molar-refractivity contribution in [2.24, 2.45) is 0 Å². The van der Waals surface area contributed by atoms with Gasteiger partial charge in [0.25, 0.3) is 5.56 Å². The van der Waals surface area contributed by atoms with Crippen LogP contribution in [-0.4, -0.2) is 31.7 Å². The summed E-state index contributed by atoms with van der Waals surface area (Å²) in [7, 11) is 0. The Morgan fingerprint density at radius 2 is 1.84 bits per heavy atom. The lowest BCUT2D eigenvalue weighted by molar-refractivity contribution is -0.140. The molecule has 2 aromatic heterocycles. The largest absolute Gasteiger partial charge is 0.480 e. The highest BCUT2D eigenvalue weighted by Gasteiger charge is 2.25. The molecule has 2 N–H and O–H groups in total. The number of carboxylic acids is 2. The second-order valence-electron chi connectivity index (χ2n) is 5.63. The summed E-state index contributed by atoms with van der Waals surface area (Å²) >= 11 is 1.04. The van der Waals surface area contributed by atoms with Gasteiger partial charge in [0.2, 0.25) is 0 Å². The maximum Gasteiger partial charge on any atom is 0.337 e. The number of nitrogens with zero attached hydrogens (tertiary/aromatic N) is 2. The van der Waals surface area contributed by atoms with Gasteiger partial charge < -0.3 is 10.2 Å². The van der Waals surface area contributed by atoms with E-state index in [1.54, 1.807) is 12.1 Å². The molecule has 0 saturated carbocycles. The van der Waals surface area contributed by atoms with E-state index in [0.29, 0.717) is 5.56 Å². The number of aromatic nitrogens is 2. The number of rotatable bonds is 4. The van der Waals surface area contributed by atoms with Gasteiger partial charge in [0.05, 0.1) is 10.9 Å². The fraction of sp³-hybridized carbons (Fsp3) is 0.176. The SMILES string of the molecule is Cc1ccc(-c2nc3scc(C(=O)O)c3c(=O)n2C(C)C(=O)O)cc1. The number of aromatic carboxylic acids is 1. The number of fused-ring (bicyclic) bond motifs is 1. The van der Waals surface area contributed by atoms with Crippen LogP contribution in [0, 0.1) is 6.92 Å². The molecule has 0 aliphatic rings. The second-order valence-corrected chi connectivity index (χ2v) is 6.48. The zero-order valence-electron chi connectivity index (χ0n) is 13.4. The quantitative estimate of drug-likeness (QED) is 0.742. The van der Waals surface area contributed by atoms with Crippen molar-refractivity contribution in [2.45, 2.75) is 19.9 Å². The van der Waals surface area contributed by atoms with E-state index in [-0.39, 0.29) is 21.6 Å². The molecule has 0 aliphatic carbocycles. The molecule has 0 bridgehead atoms. The van der Waals surface area contributed by atoms with E-state index in [2.05, 4.69) is 4.98 Å². The van der Waals surface area contributed by atoms with Crippen LogP contribution in [0.3, 0.4) is 0 Å². The molecule has 1 aromatic carbocycles. The molecule has 0 spiro atoms. The van der Waals surface area contributed by atoms with Gasteiger partial charge >= 0.3 is 11.9 Å². The van der Waals surface area contributed by atoms with E-state index in [1.807, 2.05) is 19.1 Å². The summed E-state index contributed by atoms with van der Waals surface area (Å²) in [5.74, 6) is -2.25. The molecular weight excluding hydrogens is 344 g/mol. The molecule has 0 amide bonds. The van der Waals surface area contributed by atoms with Crippen LogP contribution in [0.25, 0.3) is 21.6 Å². The van der Waals surface area contributed by atoms with Crippen molar-refractivity contribution >= 4 is 33.5 Å². The van der Waals surface area contributed by atoms with Gasteiger partial charge in [-0.25, -0.2) is 14.6 Å². The van der Waals surface area contributed by atoms with E-state index < -0.39 is 23.5 Å². The number of carboxylic acid groups (broad SMARTS) is 2. The number of carbonyl (C=O) groups is 2. The zero-order valence-corrected chi connectivity index (χ0v) is 14.2. The molecule has 3 aromatic rings. The Balaban J connectivity index is 2.41. The first kappa shape index (κ1) is 16.8. The summed E-state index contributed by atoms with van der Waals surface area (Å²) in [6.07, 6.45) is 0. The van der Waals surface area contributed by atoms with Gasteiger partial charge in [-0.1, -0.05) is 29.8 Å². The molecule has 8 heteroatoms. The lowest BCUT2D eigenvalue weighted by Crippen LogP contribution is -2.30. The lowest BCUT2D eigenvalue weighted by atomic mass is 10.1. The molecule has 0 radical (unpaired) electrons. The number of aryl methyl sites for hydroxylation is 1. The standard InChI is InChI=1S/C17H14N2O5S/c1-8-3-5-10(6-4-8)13-18-14-12(11(7-25-14)17(23)24)15(20)19(13)9(2)16(21)22/h3-7,9H,1-2H3,(H,21,22)(H,23,24). The zero-order chi connectivity index (χ0) is 18.3. The number of benzene rings is 1. The van der Waals surface area contributed by atoms with Gasteiger partial charge in [0, 0.05) is 10.9 Å². The fourth-order valence-corrected chi connectivity index (χ4v) is 3.44. The summed E-state index contributed by atoms with van der Waals surface area (Å²) in [5, 5.41) is 19.9. The number of hydrogen-bond donors (Lipinski definition) is 2. The third-order valence-electron chi connectivity index (χ3n) is 3.92. The predicted molar refractivity (Wildman–Crippen MR) is 93.4 cm³/mol. The number of hydrogen-bond acceptors (Lipinski definition) is 5. The minimum atomic E-state index is -1.25. The minimum Gasteiger partial charge on any atom is -0.480 e. The smallest absolute Gasteiger partial charge is 0.337 e. The Morgan fingerprint density at radius 3 is 2.40 bits per heavy atom. The van der Waals surface area contributed by atoms with Crippen LogP contribution < -0.4 is 5.56 Å². The van der Waals surface area contributed by atoms with E-state index in [0.717, 1.165) is 21.5 Å². The van der Waals surface area contributed by atoms with Gasteiger partial charge in [-0.05, 0) is 13.8 Å². The van der Waals surface area contributed by atoms with E-state index in [9.17, 15) is 24.6 Å². The summed E-state index contributed by atoms with van der Waals surface area (Å²) in [6, 6.07) is 5.97. The topological polar surface area (TPSA) is 109 Å². The van der Waals surface area contributed by atoms with Crippen molar-refractivity contribution < 1.29 is 19.8 Å². The first-order valence-corrected chi connectivity index (χ1v) is 8.26. The molecule has 2 heterocycles. The summed E-state index contributed by atoms with van der Waals surface area (Å²) in [6.45, 7) is 3.27. The van der Waals surface area contributed by atoms with Crippen LogP contribution in [0.1, 0.15) is 28.9 Å². The van der Waals surface area contributed by atoms with Gasteiger partial charge in [-0.2, -0.15) is 0 Å². The average Bonchev–Trinajstić information content (AvgIpc) is 2.99. The van der Waals surface area contributed by atoms with E-state index in [4.69, 9.17) is 0 Å².